The highest BCUT2D eigenvalue weighted by Gasteiger charge is 2.50. The molecule has 3 amide bonds. The number of methoxy groups -OCH3 is 1. The van der Waals surface area contributed by atoms with Gasteiger partial charge in [-0.25, -0.2) is 0 Å². The molecule has 226 valence electrons. The van der Waals surface area contributed by atoms with Gasteiger partial charge in [0.2, 0.25) is 11.8 Å². The largest absolute Gasteiger partial charge is 0.496 e. The molecule has 5 atom stereocenters. The summed E-state index contributed by atoms with van der Waals surface area (Å²) in [6.07, 6.45) is 3.34. The van der Waals surface area contributed by atoms with Gasteiger partial charge in [-0.1, -0.05) is 12.5 Å². The Labute approximate surface area is 245 Å². The zero-order chi connectivity index (χ0) is 30.2. The number of Topliss-reactive ketones (excluding diaryl/α,β-unsaturated/α-hetero) is 1. The van der Waals surface area contributed by atoms with Crippen LogP contribution in [0.5, 0.6) is 5.75 Å². The number of H-pyrrole nitrogens is 1. The highest BCUT2D eigenvalue weighted by molar-refractivity contribution is 6.02. The van der Waals surface area contributed by atoms with Crippen LogP contribution in [-0.2, 0) is 23.9 Å². The van der Waals surface area contributed by atoms with Crippen LogP contribution in [0, 0.1) is 23.2 Å². The average Bonchev–Trinajstić information content (AvgIpc) is 3.73. The third kappa shape index (κ3) is 5.87. The number of ether oxygens (including phenoxy) is 2. The summed E-state index contributed by atoms with van der Waals surface area (Å²) in [7, 11) is 1.57. The smallest absolute Gasteiger partial charge is 0.311 e. The van der Waals surface area contributed by atoms with E-state index in [9.17, 15) is 24.0 Å². The van der Waals surface area contributed by atoms with Gasteiger partial charge in [0.25, 0.3) is 5.91 Å². The van der Waals surface area contributed by atoms with E-state index in [1.807, 2.05) is 18.2 Å². The fourth-order valence-corrected chi connectivity index (χ4v) is 6.56. The Kier molecular flexibility index (Phi) is 8.30. The number of aromatic amines is 1. The van der Waals surface area contributed by atoms with Gasteiger partial charge in [-0.15, -0.1) is 0 Å². The summed E-state index contributed by atoms with van der Waals surface area (Å²) in [5, 5.41) is 6.42. The van der Waals surface area contributed by atoms with Crippen molar-refractivity contribution in [1.82, 2.24) is 20.5 Å². The number of amides is 3. The van der Waals surface area contributed by atoms with E-state index in [0.29, 0.717) is 31.0 Å². The van der Waals surface area contributed by atoms with Gasteiger partial charge in [-0.05, 0) is 76.5 Å². The zero-order valence-electron chi connectivity index (χ0n) is 24.7. The van der Waals surface area contributed by atoms with Crippen LogP contribution in [0.3, 0.4) is 0 Å². The maximum absolute atomic E-state index is 14.0. The summed E-state index contributed by atoms with van der Waals surface area (Å²) < 4.78 is 10.7. The molecule has 42 heavy (non-hydrogen) atoms. The molecule has 3 fully saturated rings. The molecule has 5 unspecified atom stereocenters. The Hall–Kier alpha value is -3.89. The zero-order valence-corrected chi connectivity index (χ0v) is 24.7. The summed E-state index contributed by atoms with van der Waals surface area (Å²) >= 11 is 0. The molecule has 11 nitrogen and oxygen atoms in total. The minimum Gasteiger partial charge on any atom is -0.496 e. The molecule has 1 aromatic heterocycles. The van der Waals surface area contributed by atoms with Crippen LogP contribution in [0.4, 0.5) is 0 Å². The first-order valence-electron chi connectivity index (χ1n) is 14.7. The van der Waals surface area contributed by atoms with Crippen molar-refractivity contribution in [3.8, 4) is 5.75 Å². The average molecular weight is 581 g/mol. The normalized spacial score (nSPS) is 24.3. The minimum absolute atomic E-state index is 0.0304. The molecule has 2 aliphatic heterocycles. The molecule has 1 aromatic carbocycles. The number of hydrogen-bond donors (Lipinski definition) is 3. The summed E-state index contributed by atoms with van der Waals surface area (Å²) in [5.74, 6) is -1.55. The van der Waals surface area contributed by atoms with Crippen molar-refractivity contribution >= 4 is 40.4 Å². The third-order valence-electron chi connectivity index (χ3n) is 8.84. The number of carbonyl (C=O) groups excluding carboxylic acids is 5. The van der Waals surface area contributed by atoms with E-state index in [4.69, 9.17) is 9.47 Å². The molecular formula is C31H40N4O7. The van der Waals surface area contributed by atoms with E-state index < -0.39 is 47.7 Å². The van der Waals surface area contributed by atoms with Gasteiger partial charge in [-0.2, -0.15) is 0 Å². The van der Waals surface area contributed by atoms with Crippen molar-refractivity contribution in [2.75, 3.05) is 26.8 Å². The maximum atomic E-state index is 14.0. The molecule has 2 saturated heterocycles. The minimum atomic E-state index is -1.03. The molecule has 2 aromatic rings. The van der Waals surface area contributed by atoms with Crippen LogP contribution in [0.1, 0.15) is 63.4 Å². The number of benzene rings is 1. The molecule has 3 heterocycles. The first kappa shape index (κ1) is 29.6. The van der Waals surface area contributed by atoms with Crippen molar-refractivity contribution in [3.63, 3.8) is 0 Å². The van der Waals surface area contributed by atoms with Gasteiger partial charge >= 0.3 is 5.97 Å². The highest BCUT2D eigenvalue weighted by atomic mass is 16.5. The van der Waals surface area contributed by atoms with Gasteiger partial charge in [0.05, 0.1) is 18.6 Å². The molecule has 11 heteroatoms. The Morgan fingerprint density at radius 3 is 2.62 bits per heavy atom. The van der Waals surface area contributed by atoms with Crippen molar-refractivity contribution < 1.29 is 33.4 Å². The number of fused-ring (bicyclic) bond motifs is 2. The van der Waals surface area contributed by atoms with E-state index in [1.165, 1.54) is 0 Å². The fourth-order valence-electron chi connectivity index (χ4n) is 6.56. The fraction of sp³-hybridized carbons (Fsp3) is 0.581. The van der Waals surface area contributed by atoms with Crippen LogP contribution >= 0.6 is 0 Å². The monoisotopic (exact) mass is 580 g/mol. The molecule has 5 rings (SSSR count). The molecule has 3 N–H and O–H groups in total. The van der Waals surface area contributed by atoms with Crippen molar-refractivity contribution in [1.29, 1.82) is 0 Å². The van der Waals surface area contributed by atoms with E-state index in [0.717, 1.165) is 30.2 Å². The molecule has 0 bridgehead atoms. The Morgan fingerprint density at radius 2 is 1.93 bits per heavy atom. The molecule has 1 aliphatic carbocycles. The van der Waals surface area contributed by atoms with E-state index >= 15 is 0 Å². The second kappa shape index (κ2) is 11.8. The topological polar surface area (TPSA) is 147 Å². The SMILES string of the molecule is COc1cccc2[nH]c(C(=O)N3CC4CCCC4C3C(=O)NC(CC3CCNC3=O)C(=O)COC(=O)C(C)(C)C)cc12. The van der Waals surface area contributed by atoms with E-state index in [1.54, 1.807) is 38.8 Å². The number of likely N-dealkylation sites (tertiary alicyclic amines) is 1. The van der Waals surface area contributed by atoms with Gasteiger partial charge < -0.3 is 30.0 Å². The number of nitrogens with one attached hydrogen (secondary N) is 3. The number of carbonyl (C=O) groups is 5. The lowest BCUT2D eigenvalue weighted by molar-refractivity contribution is -0.156. The standard InChI is InChI=1S/C31H40N4O7/c1-31(2,3)30(40)42-16-24(36)22(13-17-11-12-32-27(17)37)34-28(38)26-19-8-5-7-18(19)15-35(26)29(39)23-14-20-21(33-23)9-6-10-25(20)41-4/h6,9-10,14,17-19,22,26,33H,5,7-8,11-13,15-16H2,1-4H3,(H,32,37)(H,34,38). The predicted octanol–water partition coefficient (Wildman–Crippen LogP) is 2.59. The van der Waals surface area contributed by atoms with Gasteiger partial charge in [0.1, 0.15) is 17.5 Å². The van der Waals surface area contributed by atoms with E-state index in [-0.39, 0.29) is 30.1 Å². The molecule has 0 radical (unpaired) electrons. The van der Waals surface area contributed by atoms with Crippen molar-refractivity contribution in [2.45, 2.75) is 65.0 Å². The summed E-state index contributed by atoms with van der Waals surface area (Å²) in [5.41, 5.74) is 0.319. The van der Waals surface area contributed by atoms with Crippen molar-refractivity contribution in [2.24, 2.45) is 23.2 Å². The summed E-state index contributed by atoms with van der Waals surface area (Å²) in [4.78, 5) is 70.6. The Morgan fingerprint density at radius 1 is 1.14 bits per heavy atom. The maximum Gasteiger partial charge on any atom is 0.311 e. The van der Waals surface area contributed by atoms with Gasteiger partial charge in [0.15, 0.2) is 12.4 Å². The number of aromatic nitrogens is 1. The van der Waals surface area contributed by atoms with Gasteiger partial charge in [0, 0.05) is 29.9 Å². The van der Waals surface area contributed by atoms with Crippen LogP contribution in [0.2, 0.25) is 0 Å². The third-order valence-corrected chi connectivity index (χ3v) is 8.84. The second-order valence-electron chi connectivity index (χ2n) is 12.7. The number of ketones is 1. The van der Waals surface area contributed by atoms with Crippen LogP contribution in [-0.4, -0.2) is 78.2 Å². The van der Waals surface area contributed by atoms with E-state index in [2.05, 4.69) is 15.6 Å². The Bertz CT molecular complexity index is 1390. The molecule has 1 saturated carbocycles. The number of rotatable bonds is 9. The second-order valence-corrected chi connectivity index (χ2v) is 12.7. The number of nitrogens with zero attached hydrogens (tertiary/aromatic N) is 1. The van der Waals surface area contributed by atoms with Crippen LogP contribution in [0.25, 0.3) is 10.9 Å². The lowest BCUT2D eigenvalue weighted by atomic mass is 9.92. The Balaban J connectivity index is 1.37. The number of hydrogen-bond acceptors (Lipinski definition) is 7. The highest BCUT2D eigenvalue weighted by Crippen LogP contribution is 2.43. The molecular weight excluding hydrogens is 540 g/mol. The molecule has 3 aliphatic rings. The lowest BCUT2D eigenvalue weighted by Crippen LogP contribution is -2.54. The molecule has 0 spiro atoms. The first-order chi connectivity index (χ1) is 20.0. The predicted molar refractivity (Wildman–Crippen MR) is 154 cm³/mol. The lowest BCUT2D eigenvalue weighted by Gasteiger charge is -2.29. The van der Waals surface area contributed by atoms with Crippen molar-refractivity contribution in [3.05, 3.63) is 30.0 Å². The quantitative estimate of drug-likeness (QED) is 0.386. The van der Waals surface area contributed by atoms with Crippen LogP contribution in [0.15, 0.2) is 24.3 Å². The summed E-state index contributed by atoms with van der Waals surface area (Å²) in [6, 6.07) is 5.47. The van der Waals surface area contributed by atoms with Crippen LogP contribution < -0.4 is 15.4 Å². The summed E-state index contributed by atoms with van der Waals surface area (Å²) in [6.45, 7) is 5.51. The van der Waals surface area contributed by atoms with Gasteiger partial charge in [-0.3, -0.25) is 24.0 Å². The first-order valence-corrected chi connectivity index (χ1v) is 14.7. The number of esters is 1.